The number of ether oxygens (including phenoxy) is 2. The molecule has 0 heterocycles. The predicted octanol–water partition coefficient (Wildman–Crippen LogP) is 1.82. The van der Waals surface area contributed by atoms with Crippen LogP contribution in [-0.2, 0) is 4.79 Å². The van der Waals surface area contributed by atoms with E-state index in [2.05, 4.69) is 16.2 Å². The van der Waals surface area contributed by atoms with Crippen LogP contribution in [0.15, 0.2) is 18.2 Å². The molecular formula is C13H19N3O3S. The zero-order chi connectivity index (χ0) is 15.0. The number of rotatable bonds is 5. The third-order valence-corrected chi connectivity index (χ3v) is 2.64. The van der Waals surface area contributed by atoms with Gasteiger partial charge in [-0.1, -0.05) is 6.92 Å². The third-order valence-electron chi connectivity index (χ3n) is 2.43. The Morgan fingerprint density at radius 3 is 2.50 bits per heavy atom. The summed E-state index contributed by atoms with van der Waals surface area (Å²) in [5.41, 5.74) is 5.86. The Kier molecular flexibility index (Phi) is 6.58. The lowest BCUT2D eigenvalue weighted by Crippen LogP contribution is -2.43. The number of carbonyl (C=O) groups excluding carboxylic acids is 1. The molecule has 0 aliphatic carbocycles. The maximum Gasteiger partial charge on any atom is 0.238 e. The quantitative estimate of drug-likeness (QED) is 0.569. The van der Waals surface area contributed by atoms with Gasteiger partial charge >= 0.3 is 0 Å². The van der Waals surface area contributed by atoms with E-state index in [0.717, 1.165) is 12.1 Å². The normalized spacial score (nSPS) is 9.55. The first-order valence-corrected chi connectivity index (χ1v) is 6.59. The SMILES string of the molecule is CCCC(=O)NNC(=S)Nc1ccc(OC)c(OC)c1. The van der Waals surface area contributed by atoms with E-state index in [1.165, 1.54) is 0 Å². The van der Waals surface area contributed by atoms with E-state index >= 15 is 0 Å². The van der Waals surface area contributed by atoms with Gasteiger partial charge in [0.15, 0.2) is 16.6 Å². The Morgan fingerprint density at radius 2 is 1.90 bits per heavy atom. The zero-order valence-corrected chi connectivity index (χ0v) is 12.6. The van der Waals surface area contributed by atoms with Crippen molar-refractivity contribution in [1.82, 2.24) is 10.9 Å². The topological polar surface area (TPSA) is 71.6 Å². The molecule has 0 saturated heterocycles. The molecule has 0 bridgehead atoms. The number of hydrogen-bond acceptors (Lipinski definition) is 4. The molecule has 7 heteroatoms. The second-order valence-corrected chi connectivity index (χ2v) is 4.36. The van der Waals surface area contributed by atoms with Gasteiger partial charge in [0.1, 0.15) is 0 Å². The Labute approximate surface area is 123 Å². The molecule has 0 saturated carbocycles. The summed E-state index contributed by atoms with van der Waals surface area (Å²) in [6.07, 6.45) is 1.23. The van der Waals surface area contributed by atoms with Crippen LogP contribution in [0, 0.1) is 0 Å². The van der Waals surface area contributed by atoms with Gasteiger partial charge in [-0.2, -0.15) is 0 Å². The molecule has 3 N–H and O–H groups in total. The maximum absolute atomic E-state index is 11.3. The van der Waals surface area contributed by atoms with Crippen molar-refractivity contribution in [1.29, 1.82) is 0 Å². The van der Waals surface area contributed by atoms with Crippen molar-refractivity contribution in [2.45, 2.75) is 19.8 Å². The van der Waals surface area contributed by atoms with E-state index in [9.17, 15) is 4.79 Å². The maximum atomic E-state index is 11.3. The molecule has 110 valence electrons. The Morgan fingerprint density at radius 1 is 1.20 bits per heavy atom. The van der Waals surface area contributed by atoms with Crippen molar-refractivity contribution in [2.24, 2.45) is 0 Å². The minimum absolute atomic E-state index is 0.107. The second-order valence-electron chi connectivity index (χ2n) is 3.95. The van der Waals surface area contributed by atoms with E-state index in [4.69, 9.17) is 21.7 Å². The van der Waals surface area contributed by atoms with Crippen LogP contribution in [-0.4, -0.2) is 25.2 Å². The van der Waals surface area contributed by atoms with Crippen molar-refractivity contribution in [3.63, 3.8) is 0 Å². The summed E-state index contributed by atoms with van der Waals surface area (Å²) in [7, 11) is 3.13. The minimum Gasteiger partial charge on any atom is -0.493 e. The predicted molar refractivity (Wildman–Crippen MR) is 82.0 cm³/mol. The molecule has 0 aromatic heterocycles. The first kappa shape index (κ1) is 16.0. The first-order valence-electron chi connectivity index (χ1n) is 6.18. The Hall–Kier alpha value is -2.02. The average Bonchev–Trinajstić information content (AvgIpc) is 2.45. The van der Waals surface area contributed by atoms with Crippen LogP contribution in [0.5, 0.6) is 11.5 Å². The van der Waals surface area contributed by atoms with Gasteiger partial charge in [0.05, 0.1) is 14.2 Å². The van der Waals surface area contributed by atoms with Crippen molar-refractivity contribution < 1.29 is 14.3 Å². The smallest absolute Gasteiger partial charge is 0.238 e. The van der Waals surface area contributed by atoms with Gasteiger partial charge < -0.3 is 14.8 Å². The number of amides is 1. The van der Waals surface area contributed by atoms with E-state index in [-0.39, 0.29) is 5.91 Å². The summed E-state index contributed by atoms with van der Waals surface area (Å²) in [6.45, 7) is 1.93. The Balaban J connectivity index is 2.55. The van der Waals surface area contributed by atoms with Crippen molar-refractivity contribution in [2.75, 3.05) is 19.5 Å². The molecule has 1 aromatic rings. The largest absolute Gasteiger partial charge is 0.493 e. The molecule has 0 fully saturated rings. The molecule has 20 heavy (non-hydrogen) atoms. The number of thiocarbonyl (C=S) groups is 1. The summed E-state index contributed by atoms with van der Waals surface area (Å²) >= 11 is 5.07. The van der Waals surface area contributed by atoms with E-state index in [0.29, 0.717) is 23.0 Å². The van der Waals surface area contributed by atoms with Gasteiger partial charge in [0.25, 0.3) is 0 Å². The number of hydrogen-bond donors (Lipinski definition) is 3. The number of anilines is 1. The molecule has 0 atom stereocenters. The summed E-state index contributed by atoms with van der Waals surface area (Å²) in [5.74, 6) is 1.12. The molecule has 1 rings (SSSR count). The number of carbonyl (C=O) groups is 1. The first-order chi connectivity index (χ1) is 9.60. The highest BCUT2D eigenvalue weighted by Crippen LogP contribution is 2.29. The number of methoxy groups -OCH3 is 2. The van der Waals surface area contributed by atoms with Crippen LogP contribution < -0.4 is 25.6 Å². The van der Waals surface area contributed by atoms with Gasteiger partial charge in [-0.3, -0.25) is 15.6 Å². The lowest BCUT2D eigenvalue weighted by atomic mass is 10.3. The standard InChI is InChI=1S/C13H19N3O3S/c1-4-5-12(17)15-16-13(20)14-9-6-7-10(18-2)11(8-9)19-3/h6-8H,4-5H2,1-3H3,(H,15,17)(H2,14,16,20). The van der Waals surface area contributed by atoms with E-state index in [1.807, 2.05) is 6.92 Å². The average molecular weight is 297 g/mol. The summed E-state index contributed by atoms with van der Waals surface area (Å²) in [4.78, 5) is 11.3. The molecule has 0 spiro atoms. The minimum atomic E-state index is -0.107. The summed E-state index contributed by atoms with van der Waals surface area (Å²) < 4.78 is 10.3. The monoisotopic (exact) mass is 297 g/mol. The van der Waals surface area contributed by atoms with Crippen LogP contribution in [0.1, 0.15) is 19.8 Å². The fourth-order valence-corrected chi connectivity index (χ4v) is 1.66. The lowest BCUT2D eigenvalue weighted by Gasteiger charge is -2.13. The van der Waals surface area contributed by atoms with Crippen molar-refractivity contribution in [3.8, 4) is 11.5 Å². The summed E-state index contributed by atoms with van der Waals surface area (Å²) in [6, 6.07) is 5.31. The van der Waals surface area contributed by atoms with Crippen molar-refractivity contribution >= 4 is 28.9 Å². The van der Waals surface area contributed by atoms with Gasteiger partial charge in [-0.05, 0) is 30.8 Å². The Bertz CT molecular complexity index is 480. The molecule has 0 aliphatic heterocycles. The number of benzene rings is 1. The van der Waals surface area contributed by atoms with Crippen LogP contribution >= 0.6 is 12.2 Å². The van der Waals surface area contributed by atoms with Gasteiger partial charge in [0, 0.05) is 18.2 Å². The molecule has 1 aromatic carbocycles. The molecule has 0 aliphatic rings. The molecule has 0 radical (unpaired) electrons. The number of nitrogens with one attached hydrogen (secondary N) is 3. The second kappa shape index (κ2) is 8.21. The molecule has 0 unspecified atom stereocenters. The van der Waals surface area contributed by atoms with Gasteiger partial charge in [-0.15, -0.1) is 0 Å². The van der Waals surface area contributed by atoms with Gasteiger partial charge in [-0.25, -0.2) is 0 Å². The highest BCUT2D eigenvalue weighted by Gasteiger charge is 2.06. The van der Waals surface area contributed by atoms with E-state index < -0.39 is 0 Å². The fourth-order valence-electron chi connectivity index (χ4n) is 1.49. The zero-order valence-electron chi connectivity index (χ0n) is 11.8. The summed E-state index contributed by atoms with van der Waals surface area (Å²) in [5, 5.41) is 3.23. The molecular weight excluding hydrogens is 278 g/mol. The van der Waals surface area contributed by atoms with Crippen LogP contribution in [0.2, 0.25) is 0 Å². The highest BCUT2D eigenvalue weighted by molar-refractivity contribution is 7.80. The number of hydrazine groups is 1. The van der Waals surface area contributed by atoms with Crippen molar-refractivity contribution in [3.05, 3.63) is 18.2 Å². The molecule has 6 nitrogen and oxygen atoms in total. The molecule has 1 amide bonds. The van der Waals surface area contributed by atoms with Crippen LogP contribution in [0.3, 0.4) is 0 Å². The highest BCUT2D eigenvalue weighted by atomic mass is 32.1. The van der Waals surface area contributed by atoms with E-state index in [1.54, 1.807) is 32.4 Å². The lowest BCUT2D eigenvalue weighted by molar-refractivity contribution is -0.121. The third kappa shape index (κ3) is 4.93. The fraction of sp³-hybridized carbons (Fsp3) is 0.385. The van der Waals surface area contributed by atoms with Crippen LogP contribution in [0.4, 0.5) is 5.69 Å². The van der Waals surface area contributed by atoms with Crippen LogP contribution in [0.25, 0.3) is 0 Å². The van der Waals surface area contributed by atoms with Gasteiger partial charge in [0.2, 0.25) is 5.91 Å².